The number of aromatic nitrogens is 1. The van der Waals surface area contributed by atoms with E-state index in [9.17, 15) is 0 Å². The largest absolute Gasteiger partial charge is 0.384 e. The van der Waals surface area contributed by atoms with Crippen molar-refractivity contribution in [3.8, 4) is 6.07 Å². The summed E-state index contributed by atoms with van der Waals surface area (Å²) < 4.78 is 5.67. The van der Waals surface area contributed by atoms with Crippen molar-refractivity contribution in [2.45, 2.75) is 26.1 Å². The highest BCUT2D eigenvalue weighted by Crippen LogP contribution is 2.25. The summed E-state index contributed by atoms with van der Waals surface area (Å²) in [5.41, 5.74) is 7.08. The van der Waals surface area contributed by atoms with Crippen LogP contribution in [-0.2, 0) is 4.74 Å². The van der Waals surface area contributed by atoms with Gasteiger partial charge in [-0.2, -0.15) is 5.26 Å². The van der Waals surface area contributed by atoms with Crippen LogP contribution in [0.1, 0.15) is 19.4 Å². The molecule has 1 aliphatic heterocycles. The van der Waals surface area contributed by atoms with Gasteiger partial charge in [-0.25, -0.2) is 4.98 Å². The number of morpholine rings is 1. The van der Waals surface area contributed by atoms with Gasteiger partial charge in [0.05, 0.1) is 23.5 Å². The molecule has 0 bridgehead atoms. The highest BCUT2D eigenvalue weighted by molar-refractivity contribution is 5.62. The van der Waals surface area contributed by atoms with Gasteiger partial charge in [0.25, 0.3) is 0 Å². The number of nitrogens with zero attached hydrogens (tertiary/aromatic N) is 3. The van der Waals surface area contributed by atoms with Crippen molar-refractivity contribution in [2.24, 2.45) is 0 Å². The van der Waals surface area contributed by atoms with Gasteiger partial charge in [-0.3, -0.25) is 0 Å². The standard InChI is InChI=1S/C12H16N4O/c1-8-6-16(7-9(2)17-8)11-3-12(14)15-5-10(11)4-13/h3,5,8-9H,6-7H2,1-2H3,(H2,14,15)/t8-,9+. The van der Waals surface area contributed by atoms with E-state index in [2.05, 4.69) is 16.0 Å². The molecule has 0 radical (unpaired) electrons. The Morgan fingerprint density at radius 1 is 1.47 bits per heavy atom. The Morgan fingerprint density at radius 3 is 2.71 bits per heavy atom. The average Bonchev–Trinajstić information content (AvgIpc) is 2.27. The maximum absolute atomic E-state index is 9.08. The Labute approximate surface area is 101 Å². The second-order valence-electron chi connectivity index (χ2n) is 4.40. The summed E-state index contributed by atoms with van der Waals surface area (Å²) in [5, 5.41) is 9.08. The zero-order chi connectivity index (χ0) is 12.4. The zero-order valence-electron chi connectivity index (χ0n) is 10.1. The number of hydrogen-bond acceptors (Lipinski definition) is 5. The molecule has 0 aromatic carbocycles. The number of rotatable bonds is 1. The summed E-state index contributed by atoms with van der Waals surface area (Å²) in [6.45, 7) is 5.59. The van der Waals surface area contributed by atoms with Gasteiger partial charge in [-0.15, -0.1) is 0 Å². The van der Waals surface area contributed by atoms with Gasteiger partial charge in [0.15, 0.2) is 0 Å². The minimum Gasteiger partial charge on any atom is -0.384 e. The molecular weight excluding hydrogens is 216 g/mol. The number of nitriles is 1. The topological polar surface area (TPSA) is 75.2 Å². The van der Waals surface area contributed by atoms with Crippen LogP contribution in [0, 0.1) is 11.3 Å². The molecule has 90 valence electrons. The third-order valence-electron chi connectivity index (χ3n) is 2.78. The molecule has 5 nitrogen and oxygen atoms in total. The molecular formula is C12H16N4O. The number of hydrogen-bond donors (Lipinski definition) is 1. The second kappa shape index (κ2) is 4.60. The molecule has 1 aliphatic rings. The first kappa shape index (κ1) is 11.7. The van der Waals surface area contributed by atoms with E-state index < -0.39 is 0 Å². The molecule has 2 rings (SSSR count). The van der Waals surface area contributed by atoms with Gasteiger partial charge < -0.3 is 15.4 Å². The van der Waals surface area contributed by atoms with Gasteiger partial charge in [-0.1, -0.05) is 0 Å². The van der Waals surface area contributed by atoms with Gasteiger partial charge >= 0.3 is 0 Å². The minimum absolute atomic E-state index is 0.152. The fourth-order valence-electron chi connectivity index (χ4n) is 2.18. The lowest BCUT2D eigenvalue weighted by Gasteiger charge is -2.37. The molecule has 17 heavy (non-hydrogen) atoms. The smallest absolute Gasteiger partial charge is 0.125 e. The molecule has 0 aliphatic carbocycles. The third-order valence-corrected chi connectivity index (χ3v) is 2.78. The molecule has 2 heterocycles. The molecule has 0 saturated carbocycles. The summed E-state index contributed by atoms with van der Waals surface area (Å²) >= 11 is 0. The van der Waals surface area contributed by atoms with Crippen LogP contribution in [0.15, 0.2) is 12.3 Å². The fraction of sp³-hybridized carbons (Fsp3) is 0.500. The molecule has 1 saturated heterocycles. The predicted octanol–water partition coefficient (Wildman–Crippen LogP) is 1.15. The summed E-state index contributed by atoms with van der Waals surface area (Å²) in [7, 11) is 0. The third kappa shape index (κ3) is 2.48. The Morgan fingerprint density at radius 2 is 2.12 bits per heavy atom. The van der Waals surface area contributed by atoms with Crippen LogP contribution in [0.5, 0.6) is 0 Å². The zero-order valence-corrected chi connectivity index (χ0v) is 10.1. The van der Waals surface area contributed by atoms with Crippen molar-refractivity contribution < 1.29 is 4.74 Å². The number of nitrogen functional groups attached to an aromatic ring is 1. The van der Waals surface area contributed by atoms with Crippen LogP contribution in [0.4, 0.5) is 11.5 Å². The summed E-state index contributed by atoms with van der Waals surface area (Å²) in [6.07, 6.45) is 1.83. The Balaban J connectivity index is 2.33. The van der Waals surface area contributed by atoms with Crippen molar-refractivity contribution in [1.29, 1.82) is 5.26 Å². The number of pyridine rings is 1. The second-order valence-corrected chi connectivity index (χ2v) is 4.40. The van der Waals surface area contributed by atoms with Crippen LogP contribution in [-0.4, -0.2) is 30.3 Å². The molecule has 1 aromatic rings. The van der Waals surface area contributed by atoms with E-state index in [1.807, 2.05) is 13.8 Å². The van der Waals surface area contributed by atoms with E-state index in [1.54, 1.807) is 6.07 Å². The Bertz CT molecular complexity index is 444. The highest BCUT2D eigenvalue weighted by atomic mass is 16.5. The quantitative estimate of drug-likeness (QED) is 0.786. The van der Waals surface area contributed by atoms with E-state index in [4.69, 9.17) is 15.7 Å². The van der Waals surface area contributed by atoms with Crippen LogP contribution < -0.4 is 10.6 Å². The Kier molecular flexibility index (Phi) is 3.16. The molecule has 0 spiro atoms. The van der Waals surface area contributed by atoms with Crippen LogP contribution in [0.2, 0.25) is 0 Å². The van der Waals surface area contributed by atoms with Crippen molar-refractivity contribution >= 4 is 11.5 Å². The van der Waals surface area contributed by atoms with E-state index in [1.165, 1.54) is 6.20 Å². The maximum atomic E-state index is 9.08. The van der Waals surface area contributed by atoms with Crippen molar-refractivity contribution in [1.82, 2.24) is 4.98 Å². The molecule has 2 N–H and O–H groups in total. The summed E-state index contributed by atoms with van der Waals surface area (Å²) in [6, 6.07) is 3.90. The first-order valence-corrected chi connectivity index (χ1v) is 5.66. The van der Waals surface area contributed by atoms with Crippen molar-refractivity contribution in [3.63, 3.8) is 0 Å². The van der Waals surface area contributed by atoms with Gasteiger partial charge in [0.2, 0.25) is 0 Å². The van der Waals surface area contributed by atoms with E-state index in [0.29, 0.717) is 11.4 Å². The van der Waals surface area contributed by atoms with Crippen LogP contribution >= 0.6 is 0 Å². The van der Waals surface area contributed by atoms with E-state index >= 15 is 0 Å². The minimum atomic E-state index is 0.152. The molecule has 0 amide bonds. The van der Waals surface area contributed by atoms with Gasteiger partial charge in [0.1, 0.15) is 11.9 Å². The van der Waals surface area contributed by atoms with Gasteiger partial charge in [0, 0.05) is 25.4 Å². The van der Waals surface area contributed by atoms with E-state index in [-0.39, 0.29) is 12.2 Å². The first-order chi connectivity index (χ1) is 8.10. The molecule has 2 atom stereocenters. The van der Waals surface area contributed by atoms with Crippen molar-refractivity contribution in [2.75, 3.05) is 23.7 Å². The average molecular weight is 232 g/mol. The fourth-order valence-corrected chi connectivity index (χ4v) is 2.18. The summed E-state index contributed by atoms with van der Waals surface area (Å²) in [5.74, 6) is 0.436. The number of nitrogens with two attached hydrogens (primary N) is 1. The highest BCUT2D eigenvalue weighted by Gasteiger charge is 2.24. The predicted molar refractivity (Wildman–Crippen MR) is 65.6 cm³/mol. The first-order valence-electron chi connectivity index (χ1n) is 5.66. The number of ether oxygens (including phenoxy) is 1. The normalized spacial score (nSPS) is 24.4. The van der Waals surface area contributed by atoms with Crippen LogP contribution in [0.25, 0.3) is 0 Å². The van der Waals surface area contributed by atoms with Gasteiger partial charge in [-0.05, 0) is 13.8 Å². The molecule has 0 unspecified atom stereocenters. The SMILES string of the molecule is C[C@@H]1CN(c2cc(N)ncc2C#N)C[C@H](C)O1. The molecule has 5 heteroatoms. The summed E-state index contributed by atoms with van der Waals surface area (Å²) in [4.78, 5) is 6.08. The monoisotopic (exact) mass is 232 g/mol. The lowest BCUT2D eigenvalue weighted by Crippen LogP contribution is -2.45. The molecule has 1 aromatic heterocycles. The van der Waals surface area contributed by atoms with Crippen molar-refractivity contribution in [3.05, 3.63) is 17.8 Å². The lowest BCUT2D eigenvalue weighted by molar-refractivity contribution is -0.00523. The molecule has 1 fully saturated rings. The van der Waals surface area contributed by atoms with Crippen LogP contribution in [0.3, 0.4) is 0 Å². The lowest BCUT2D eigenvalue weighted by atomic mass is 10.1. The number of anilines is 2. The maximum Gasteiger partial charge on any atom is 0.125 e. The Hall–Kier alpha value is -1.80. The van der Waals surface area contributed by atoms with E-state index in [0.717, 1.165) is 18.8 Å².